The van der Waals surface area contributed by atoms with E-state index in [4.69, 9.17) is 14.2 Å². The lowest BCUT2D eigenvalue weighted by Crippen LogP contribution is -2.21. The van der Waals surface area contributed by atoms with E-state index in [-0.39, 0.29) is 0 Å². The van der Waals surface area contributed by atoms with Gasteiger partial charge in [-0.1, -0.05) is 19.8 Å². The molecule has 1 fully saturated rings. The Morgan fingerprint density at radius 2 is 1.70 bits per heavy atom. The number of nitrogens with one attached hydrogen (secondary N) is 1. The molecule has 1 unspecified atom stereocenters. The number of ether oxygens (including phenoxy) is 3. The second kappa shape index (κ2) is 6.84. The average Bonchev–Trinajstić information content (AvgIpc) is 3.29. The predicted octanol–water partition coefficient (Wildman–Crippen LogP) is 3.16. The van der Waals surface area contributed by atoms with Crippen molar-refractivity contribution in [2.24, 2.45) is 5.92 Å². The summed E-state index contributed by atoms with van der Waals surface area (Å²) in [6.45, 7) is 3.09. The van der Waals surface area contributed by atoms with Crippen LogP contribution in [0.1, 0.15) is 37.8 Å². The van der Waals surface area contributed by atoms with E-state index in [0.717, 1.165) is 24.0 Å². The maximum Gasteiger partial charge on any atom is 0.203 e. The Hall–Kier alpha value is -1.42. The maximum atomic E-state index is 5.44. The van der Waals surface area contributed by atoms with E-state index in [9.17, 15) is 0 Å². The van der Waals surface area contributed by atoms with Gasteiger partial charge in [-0.2, -0.15) is 0 Å². The number of hydrogen-bond acceptors (Lipinski definition) is 4. The summed E-state index contributed by atoms with van der Waals surface area (Å²) in [5.41, 5.74) is 1.20. The summed E-state index contributed by atoms with van der Waals surface area (Å²) in [6, 6.07) is 4.45. The molecule has 0 spiro atoms. The summed E-state index contributed by atoms with van der Waals surface area (Å²) in [4.78, 5) is 0. The highest BCUT2D eigenvalue weighted by molar-refractivity contribution is 5.54. The first kappa shape index (κ1) is 15.0. The lowest BCUT2D eigenvalue weighted by Gasteiger charge is -2.21. The topological polar surface area (TPSA) is 39.7 Å². The minimum Gasteiger partial charge on any atom is -0.493 e. The molecule has 1 aromatic rings. The average molecular weight is 279 g/mol. The Labute approximate surface area is 121 Å². The molecule has 0 bridgehead atoms. The van der Waals surface area contributed by atoms with E-state index < -0.39 is 0 Å². The molecule has 0 aromatic heterocycles. The summed E-state index contributed by atoms with van der Waals surface area (Å²) in [5.74, 6) is 2.96. The Bertz CT molecular complexity index is 418. The van der Waals surface area contributed by atoms with E-state index in [1.807, 2.05) is 0 Å². The summed E-state index contributed by atoms with van der Waals surface area (Å²) < 4.78 is 16.2. The van der Waals surface area contributed by atoms with E-state index in [1.165, 1.54) is 24.8 Å². The lowest BCUT2D eigenvalue weighted by atomic mass is 10.00. The second-order valence-electron chi connectivity index (χ2n) is 5.25. The second-order valence-corrected chi connectivity index (χ2v) is 5.25. The summed E-state index contributed by atoms with van der Waals surface area (Å²) in [5, 5.41) is 3.56. The van der Waals surface area contributed by atoms with Crippen molar-refractivity contribution in [2.45, 2.75) is 32.2 Å². The number of rotatable bonds is 8. The van der Waals surface area contributed by atoms with Crippen LogP contribution >= 0.6 is 0 Å². The first-order valence-electron chi connectivity index (χ1n) is 7.26. The van der Waals surface area contributed by atoms with Crippen LogP contribution in [0, 0.1) is 5.92 Å². The Morgan fingerprint density at radius 3 is 2.10 bits per heavy atom. The van der Waals surface area contributed by atoms with Crippen molar-refractivity contribution < 1.29 is 14.2 Å². The van der Waals surface area contributed by atoms with Gasteiger partial charge in [-0.15, -0.1) is 0 Å². The van der Waals surface area contributed by atoms with Crippen LogP contribution in [0.15, 0.2) is 12.1 Å². The van der Waals surface area contributed by atoms with Gasteiger partial charge in [0, 0.05) is 6.04 Å². The first-order chi connectivity index (χ1) is 9.73. The SMILES string of the molecule is CCNC(CC1CC1)c1cc(OC)c(OC)c(OC)c1. The lowest BCUT2D eigenvalue weighted by molar-refractivity contribution is 0.322. The van der Waals surface area contributed by atoms with E-state index in [2.05, 4.69) is 24.4 Å². The fourth-order valence-corrected chi connectivity index (χ4v) is 2.57. The van der Waals surface area contributed by atoms with Crippen LogP contribution in [0.3, 0.4) is 0 Å². The van der Waals surface area contributed by atoms with Crippen molar-refractivity contribution in [3.05, 3.63) is 17.7 Å². The van der Waals surface area contributed by atoms with Gasteiger partial charge < -0.3 is 19.5 Å². The van der Waals surface area contributed by atoms with Crippen molar-refractivity contribution in [3.63, 3.8) is 0 Å². The maximum absolute atomic E-state index is 5.44. The third-order valence-electron chi connectivity index (χ3n) is 3.81. The zero-order valence-electron chi connectivity index (χ0n) is 12.9. The molecule has 1 aliphatic carbocycles. The highest BCUT2D eigenvalue weighted by Crippen LogP contribution is 2.43. The smallest absolute Gasteiger partial charge is 0.203 e. The highest BCUT2D eigenvalue weighted by atomic mass is 16.5. The predicted molar refractivity (Wildman–Crippen MR) is 79.9 cm³/mol. The molecule has 0 aliphatic heterocycles. The molecule has 1 aromatic carbocycles. The molecule has 4 nitrogen and oxygen atoms in total. The fourth-order valence-electron chi connectivity index (χ4n) is 2.57. The van der Waals surface area contributed by atoms with Crippen molar-refractivity contribution in [1.29, 1.82) is 0 Å². The minimum atomic E-state index is 0.348. The van der Waals surface area contributed by atoms with E-state index in [1.54, 1.807) is 21.3 Å². The van der Waals surface area contributed by atoms with Gasteiger partial charge in [-0.05, 0) is 36.6 Å². The van der Waals surface area contributed by atoms with E-state index in [0.29, 0.717) is 11.8 Å². The van der Waals surface area contributed by atoms with Gasteiger partial charge in [-0.3, -0.25) is 0 Å². The molecule has 0 heterocycles. The van der Waals surface area contributed by atoms with Gasteiger partial charge in [0.2, 0.25) is 5.75 Å². The van der Waals surface area contributed by atoms with Crippen LogP contribution in [-0.4, -0.2) is 27.9 Å². The van der Waals surface area contributed by atoms with Gasteiger partial charge in [0.15, 0.2) is 11.5 Å². The Morgan fingerprint density at radius 1 is 1.10 bits per heavy atom. The molecular weight excluding hydrogens is 254 g/mol. The Kier molecular flexibility index (Phi) is 5.12. The summed E-state index contributed by atoms with van der Waals surface area (Å²) in [7, 11) is 4.94. The van der Waals surface area contributed by atoms with Crippen molar-refractivity contribution in [2.75, 3.05) is 27.9 Å². The number of hydrogen-bond donors (Lipinski definition) is 1. The van der Waals surface area contributed by atoms with Crippen molar-refractivity contribution in [1.82, 2.24) is 5.32 Å². The molecule has 4 heteroatoms. The number of methoxy groups -OCH3 is 3. The monoisotopic (exact) mass is 279 g/mol. The fraction of sp³-hybridized carbons (Fsp3) is 0.625. The molecule has 0 amide bonds. The third-order valence-corrected chi connectivity index (χ3v) is 3.81. The van der Waals surface area contributed by atoms with Gasteiger partial charge in [-0.25, -0.2) is 0 Å². The van der Waals surface area contributed by atoms with Gasteiger partial charge in [0.25, 0.3) is 0 Å². The standard InChI is InChI=1S/C16H25NO3/c1-5-17-13(8-11-6-7-11)12-9-14(18-2)16(20-4)15(10-12)19-3/h9-11,13,17H,5-8H2,1-4H3. The first-order valence-corrected chi connectivity index (χ1v) is 7.26. The van der Waals surface area contributed by atoms with Crippen LogP contribution in [-0.2, 0) is 0 Å². The molecule has 112 valence electrons. The quantitative estimate of drug-likeness (QED) is 0.793. The van der Waals surface area contributed by atoms with Crippen LogP contribution in [0.25, 0.3) is 0 Å². The molecular formula is C16H25NO3. The molecule has 2 rings (SSSR count). The number of benzene rings is 1. The van der Waals surface area contributed by atoms with Gasteiger partial charge in [0.1, 0.15) is 0 Å². The molecule has 1 saturated carbocycles. The normalized spacial score (nSPS) is 15.8. The van der Waals surface area contributed by atoms with Crippen LogP contribution in [0.2, 0.25) is 0 Å². The van der Waals surface area contributed by atoms with Crippen molar-refractivity contribution >= 4 is 0 Å². The van der Waals surface area contributed by atoms with Gasteiger partial charge >= 0.3 is 0 Å². The molecule has 1 atom stereocenters. The van der Waals surface area contributed by atoms with Crippen LogP contribution in [0.5, 0.6) is 17.2 Å². The minimum absolute atomic E-state index is 0.348. The molecule has 0 radical (unpaired) electrons. The Balaban J connectivity index is 2.32. The van der Waals surface area contributed by atoms with Crippen molar-refractivity contribution in [3.8, 4) is 17.2 Å². The zero-order valence-corrected chi connectivity index (χ0v) is 12.9. The third kappa shape index (κ3) is 3.37. The van der Waals surface area contributed by atoms with Crippen LogP contribution < -0.4 is 19.5 Å². The zero-order chi connectivity index (χ0) is 14.5. The largest absolute Gasteiger partial charge is 0.493 e. The highest BCUT2D eigenvalue weighted by Gasteiger charge is 2.27. The van der Waals surface area contributed by atoms with E-state index >= 15 is 0 Å². The molecule has 1 aliphatic rings. The summed E-state index contributed by atoms with van der Waals surface area (Å²) >= 11 is 0. The summed E-state index contributed by atoms with van der Waals surface area (Å²) in [6.07, 6.45) is 3.88. The molecule has 20 heavy (non-hydrogen) atoms. The van der Waals surface area contributed by atoms with Crippen LogP contribution in [0.4, 0.5) is 0 Å². The van der Waals surface area contributed by atoms with Gasteiger partial charge in [0.05, 0.1) is 21.3 Å². The molecule has 0 saturated heterocycles. The molecule has 1 N–H and O–H groups in total.